The lowest BCUT2D eigenvalue weighted by Gasteiger charge is -2.31. The lowest BCUT2D eigenvalue weighted by Crippen LogP contribution is -2.41. The van der Waals surface area contributed by atoms with Crippen LogP contribution in [0.1, 0.15) is 18.5 Å². The molecule has 0 aromatic heterocycles. The fraction of sp³-hybridized carbons (Fsp3) is 0.625. The molecule has 21 heavy (non-hydrogen) atoms. The van der Waals surface area contributed by atoms with Crippen LogP contribution in [0.5, 0.6) is 11.5 Å². The van der Waals surface area contributed by atoms with Crippen molar-refractivity contribution in [1.82, 2.24) is 10.2 Å². The molecule has 1 saturated heterocycles. The molecule has 2 aliphatic heterocycles. The Morgan fingerprint density at radius 2 is 1.86 bits per heavy atom. The number of hydrogen-bond acceptors (Lipinski definition) is 5. The van der Waals surface area contributed by atoms with Gasteiger partial charge in [0.05, 0.1) is 13.2 Å². The van der Waals surface area contributed by atoms with Gasteiger partial charge in [0.25, 0.3) is 0 Å². The molecule has 1 atom stereocenters. The van der Waals surface area contributed by atoms with Crippen molar-refractivity contribution < 1.29 is 14.2 Å². The normalized spacial score (nSPS) is 20.2. The van der Waals surface area contributed by atoms with Crippen molar-refractivity contribution in [2.45, 2.75) is 13.0 Å². The SMILES string of the molecule is CCNC(CN1CCOCC1)c1ccc2c(c1)OCCO2. The van der Waals surface area contributed by atoms with Crippen molar-refractivity contribution >= 4 is 0 Å². The molecule has 1 fully saturated rings. The third-order valence-electron chi connectivity index (χ3n) is 3.96. The second-order valence-electron chi connectivity index (χ2n) is 5.43. The number of ether oxygens (including phenoxy) is 3. The maximum Gasteiger partial charge on any atom is 0.161 e. The highest BCUT2D eigenvalue weighted by Gasteiger charge is 2.20. The lowest BCUT2D eigenvalue weighted by atomic mass is 10.0. The minimum absolute atomic E-state index is 0.309. The van der Waals surface area contributed by atoms with Crippen LogP contribution in [0.4, 0.5) is 0 Å². The van der Waals surface area contributed by atoms with Gasteiger partial charge in [-0.25, -0.2) is 0 Å². The molecule has 0 saturated carbocycles. The minimum atomic E-state index is 0.309. The van der Waals surface area contributed by atoms with Gasteiger partial charge < -0.3 is 19.5 Å². The van der Waals surface area contributed by atoms with Crippen molar-refractivity contribution in [3.05, 3.63) is 23.8 Å². The summed E-state index contributed by atoms with van der Waals surface area (Å²) in [6, 6.07) is 6.58. The first-order chi connectivity index (χ1) is 10.4. The van der Waals surface area contributed by atoms with Gasteiger partial charge >= 0.3 is 0 Å². The molecule has 0 bridgehead atoms. The monoisotopic (exact) mass is 292 g/mol. The molecule has 0 amide bonds. The molecular formula is C16H24N2O3. The van der Waals surface area contributed by atoms with E-state index in [1.54, 1.807) is 0 Å². The van der Waals surface area contributed by atoms with E-state index in [9.17, 15) is 0 Å². The van der Waals surface area contributed by atoms with Gasteiger partial charge in [0.15, 0.2) is 11.5 Å². The molecule has 0 spiro atoms. The Hall–Kier alpha value is -1.30. The highest BCUT2D eigenvalue weighted by atomic mass is 16.6. The van der Waals surface area contributed by atoms with Gasteiger partial charge in [-0.05, 0) is 24.2 Å². The molecule has 5 heteroatoms. The first-order valence-electron chi connectivity index (χ1n) is 7.80. The molecule has 1 aromatic rings. The smallest absolute Gasteiger partial charge is 0.161 e. The van der Waals surface area contributed by atoms with E-state index in [0.29, 0.717) is 19.3 Å². The molecular weight excluding hydrogens is 268 g/mol. The van der Waals surface area contributed by atoms with Crippen molar-refractivity contribution in [3.63, 3.8) is 0 Å². The predicted octanol–water partition coefficient (Wildman–Crippen LogP) is 1.44. The second kappa shape index (κ2) is 7.11. The second-order valence-corrected chi connectivity index (χ2v) is 5.43. The number of rotatable bonds is 5. The first-order valence-corrected chi connectivity index (χ1v) is 7.80. The van der Waals surface area contributed by atoms with Crippen LogP contribution in [0, 0.1) is 0 Å². The third-order valence-corrected chi connectivity index (χ3v) is 3.96. The summed E-state index contributed by atoms with van der Waals surface area (Å²) in [4.78, 5) is 2.45. The number of fused-ring (bicyclic) bond motifs is 1. The molecule has 116 valence electrons. The highest BCUT2D eigenvalue weighted by molar-refractivity contribution is 5.44. The van der Waals surface area contributed by atoms with Crippen LogP contribution in [-0.4, -0.2) is 57.5 Å². The molecule has 5 nitrogen and oxygen atoms in total. The average molecular weight is 292 g/mol. The van der Waals surface area contributed by atoms with Gasteiger partial charge in [0, 0.05) is 25.7 Å². The van der Waals surface area contributed by atoms with Crippen molar-refractivity contribution in [3.8, 4) is 11.5 Å². The fourth-order valence-electron chi connectivity index (χ4n) is 2.85. The summed E-state index contributed by atoms with van der Waals surface area (Å²) in [5.41, 5.74) is 1.26. The Labute approximate surface area is 126 Å². The molecule has 2 heterocycles. The fourth-order valence-corrected chi connectivity index (χ4v) is 2.85. The van der Waals surface area contributed by atoms with Gasteiger partial charge in [-0.15, -0.1) is 0 Å². The number of morpholine rings is 1. The summed E-state index contributed by atoms with van der Waals surface area (Å²) >= 11 is 0. The summed E-state index contributed by atoms with van der Waals surface area (Å²) < 4.78 is 16.7. The Morgan fingerprint density at radius 3 is 2.62 bits per heavy atom. The molecule has 2 aliphatic rings. The summed E-state index contributed by atoms with van der Waals surface area (Å²) in [5.74, 6) is 1.72. The van der Waals surface area contributed by atoms with Gasteiger partial charge in [-0.2, -0.15) is 0 Å². The van der Waals surface area contributed by atoms with Crippen LogP contribution in [-0.2, 0) is 4.74 Å². The summed E-state index contributed by atoms with van der Waals surface area (Å²) in [6.45, 7) is 9.03. The van der Waals surface area contributed by atoms with Crippen molar-refractivity contribution in [1.29, 1.82) is 0 Å². The van der Waals surface area contributed by atoms with Crippen molar-refractivity contribution in [2.24, 2.45) is 0 Å². The Balaban J connectivity index is 1.73. The highest BCUT2D eigenvalue weighted by Crippen LogP contribution is 2.32. The van der Waals surface area contributed by atoms with E-state index in [-0.39, 0.29) is 0 Å². The van der Waals surface area contributed by atoms with E-state index in [0.717, 1.165) is 50.9 Å². The summed E-state index contributed by atoms with van der Waals surface area (Å²) in [6.07, 6.45) is 0. The van der Waals surface area contributed by atoms with Gasteiger partial charge in [0.1, 0.15) is 13.2 Å². The van der Waals surface area contributed by atoms with E-state index >= 15 is 0 Å². The van der Waals surface area contributed by atoms with E-state index < -0.39 is 0 Å². The first kappa shape index (κ1) is 14.6. The van der Waals surface area contributed by atoms with Crippen LogP contribution >= 0.6 is 0 Å². The minimum Gasteiger partial charge on any atom is -0.486 e. The van der Waals surface area contributed by atoms with Crippen LogP contribution in [0.15, 0.2) is 18.2 Å². The number of nitrogens with zero attached hydrogens (tertiary/aromatic N) is 1. The Kier molecular flexibility index (Phi) is 4.95. The Bertz CT molecular complexity index is 461. The molecule has 3 rings (SSSR count). The lowest BCUT2D eigenvalue weighted by molar-refractivity contribution is 0.0335. The molecule has 1 N–H and O–H groups in total. The van der Waals surface area contributed by atoms with Crippen LogP contribution in [0.2, 0.25) is 0 Å². The molecule has 0 aliphatic carbocycles. The van der Waals surface area contributed by atoms with Crippen LogP contribution in [0.25, 0.3) is 0 Å². The zero-order valence-corrected chi connectivity index (χ0v) is 12.6. The van der Waals surface area contributed by atoms with E-state index in [1.807, 2.05) is 6.07 Å². The number of nitrogens with one attached hydrogen (secondary N) is 1. The van der Waals surface area contributed by atoms with Crippen LogP contribution < -0.4 is 14.8 Å². The van der Waals surface area contributed by atoms with Crippen molar-refractivity contribution in [2.75, 3.05) is 52.6 Å². The maximum atomic E-state index is 5.70. The number of likely N-dealkylation sites (N-methyl/N-ethyl adjacent to an activating group) is 1. The zero-order valence-electron chi connectivity index (χ0n) is 12.6. The number of hydrogen-bond donors (Lipinski definition) is 1. The van der Waals surface area contributed by atoms with E-state index in [1.165, 1.54) is 5.56 Å². The topological polar surface area (TPSA) is 43.0 Å². The van der Waals surface area contributed by atoms with Gasteiger partial charge in [0.2, 0.25) is 0 Å². The summed E-state index contributed by atoms with van der Waals surface area (Å²) in [7, 11) is 0. The van der Waals surface area contributed by atoms with Crippen LogP contribution in [0.3, 0.4) is 0 Å². The number of benzene rings is 1. The Morgan fingerprint density at radius 1 is 1.10 bits per heavy atom. The van der Waals surface area contributed by atoms with E-state index in [4.69, 9.17) is 14.2 Å². The molecule has 0 radical (unpaired) electrons. The van der Waals surface area contributed by atoms with Gasteiger partial charge in [-0.1, -0.05) is 13.0 Å². The standard InChI is InChI=1S/C16H24N2O3/c1-2-17-14(12-18-5-7-19-8-6-18)13-3-4-15-16(11-13)21-10-9-20-15/h3-4,11,14,17H,2,5-10,12H2,1H3. The maximum absolute atomic E-state index is 5.70. The quantitative estimate of drug-likeness (QED) is 0.889. The van der Waals surface area contributed by atoms with E-state index in [2.05, 4.69) is 29.3 Å². The van der Waals surface area contributed by atoms with Gasteiger partial charge in [-0.3, -0.25) is 4.90 Å². The summed E-state index contributed by atoms with van der Waals surface area (Å²) in [5, 5.41) is 3.57. The molecule has 1 aromatic carbocycles. The predicted molar refractivity (Wildman–Crippen MR) is 81.1 cm³/mol. The third kappa shape index (κ3) is 3.67. The largest absolute Gasteiger partial charge is 0.486 e. The molecule has 1 unspecified atom stereocenters. The zero-order chi connectivity index (χ0) is 14.5. The average Bonchev–Trinajstić information content (AvgIpc) is 2.55.